The van der Waals surface area contributed by atoms with Crippen LogP contribution in [0.15, 0.2) is 89.9 Å². The Labute approximate surface area is 255 Å². The average molecular weight is 593 g/mol. The van der Waals surface area contributed by atoms with Crippen LogP contribution in [0.2, 0.25) is 0 Å². The summed E-state index contributed by atoms with van der Waals surface area (Å²) in [6.45, 7) is 11.4. The Balaban J connectivity index is 1.38. The van der Waals surface area contributed by atoms with Crippen molar-refractivity contribution in [2.45, 2.75) is 13.8 Å². The van der Waals surface area contributed by atoms with Gasteiger partial charge in [0.25, 0.3) is 0 Å². The van der Waals surface area contributed by atoms with Gasteiger partial charge >= 0.3 is 5.84 Å². The molecular formula is C33H20N8S2. The van der Waals surface area contributed by atoms with Crippen LogP contribution in [0.1, 0.15) is 11.1 Å². The van der Waals surface area contributed by atoms with Crippen molar-refractivity contribution in [2.75, 3.05) is 4.90 Å². The normalized spacial score (nSPS) is 11.6. The smallest absolute Gasteiger partial charge is 0.349 e. The molecule has 2 aromatic heterocycles. The number of hydrogen-bond acceptors (Lipinski definition) is 9. The largest absolute Gasteiger partial charge is 0.351 e. The van der Waals surface area contributed by atoms with Crippen LogP contribution in [-0.4, -0.2) is 23.3 Å². The van der Waals surface area contributed by atoms with Gasteiger partial charge in [-0.25, -0.2) is 5.26 Å². The molecule has 0 aliphatic rings. The molecule has 0 amide bonds. The molecule has 0 spiro atoms. The molecule has 10 heteroatoms. The summed E-state index contributed by atoms with van der Waals surface area (Å²) >= 11 is 2.21. The number of hydrogen-bond donors (Lipinski definition) is 0. The van der Waals surface area contributed by atoms with Crippen LogP contribution in [0.4, 0.5) is 22.7 Å². The number of anilines is 3. The second-order valence-corrected chi connectivity index (χ2v) is 11.1. The predicted molar refractivity (Wildman–Crippen MR) is 175 cm³/mol. The van der Waals surface area contributed by atoms with E-state index in [1.165, 1.54) is 11.1 Å². The summed E-state index contributed by atoms with van der Waals surface area (Å²) in [5.41, 5.74) is 10.6. The van der Waals surface area contributed by atoms with E-state index in [0.717, 1.165) is 73.5 Å². The molecule has 8 nitrogen and oxygen atoms in total. The fourth-order valence-corrected chi connectivity index (χ4v) is 6.30. The maximum atomic E-state index is 9.28. The van der Waals surface area contributed by atoms with Crippen LogP contribution in [0.5, 0.6) is 0 Å². The van der Waals surface area contributed by atoms with E-state index in [0.29, 0.717) is 16.7 Å². The maximum Gasteiger partial charge on any atom is 0.349 e. The Morgan fingerprint density at radius 2 is 1.21 bits per heavy atom. The van der Waals surface area contributed by atoms with Gasteiger partial charge in [0, 0.05) is 39.5 Å². The van der Waals surface area contributed by atoms with Gasteiger partial charge in [0.05, 0.1) is 23.5 Å². The minimum atomic E-state index is -0.261. The SMILES string of the molecule is [C-]#[N+]C(C#N)=Nc1cc2c(cc(-c3ccc(N(c4ccc(C)cc4)c4ccc(C)cc4)cc3)c3nsnc32)c2nsnc12. The molecular weight excluding hydrogens is 573 g/mol. The number of rotatable bonds is 5. The molecule has 0 unspecified atom stereocenters. The van der Waals surface area contributed by atoms with Gasteiger partial charge in [-0.05, 0) is 61.9 Å². The fraction of sp³-hybridized carbons (Fsp3) is 0.0606. The third-order valence-electron chi connectivity index (χ3n) is 7.30. The summed E-state index contributed by atoms with van der Waals surface area (Å²) in [7, 11) is 0. The molecule has 0 fully saturated rings. The summed E-state index contributed by atoms with van der Waals surface area (Å²) in [5, 5.41) is 10.9. The number of nitriles is 1. The zero-order valence-electron chi connectivity index (χ0n) is 23.0. The third kappa shape index (κ3) is 4.65. The van der Waals surface area contributed by atoms with Crippen molar-refractivity contribution in [3.8, 4) is 17.2 Å². The van der Waals surface area contributed by atoms with Gasteiger partial charge in [0.1, 0.15) is 22.6 Å². The van der Waals surface area contributed by atoms with Crippen LogP contribution in [0, 0.1) is 31.8 Å². The number of aliphatic imine (C=N–C) groups is 1. The molecule has 43 heavy (non-hydrogen) atoms. The molecule has 204 valence electrons. The molecule has 5 aromatic carbocycles. The molecule has 0 atom stereocenters. The first-order chi connectivity index (χ1) is 21.0. The van der Waals surface area contributed by atoms with Crippen LogP contribution >= 0.6 is 23.5 Å². The Morgan fingerprint density at radius 1 is 0.721 bits per heavy atom. The third-order valence-corrected chi connectivity index (χ3v) is 8.35. The number of benzene rings is 5. The van der Waals surface area contributed by atoms with E-state index in [1.807, 2.05) is 12.1 Å². The van der Waals surface area contributed by atoms with Crippen LogP contribution in [0.3, 0.4) is 0 Å². The Hall–Kier alpha value is -5.55. The number of aromatic nitrogens is 4. The second kappa shape index (κ2) is 10.7. The highest BCUT2D eigenvalue weighted by atomic mass is 32.1. The van der Waals surface area contributed by atoms with Gasteiger partial charge in [-0.2, -0.15) is 17.5 Å². The molecule has 0 radical (unpaired) electrons. The highest BCUT2D eigenvalue weighted by Crippen LogP contribution is 2.41. The molecule has 0 aliphatic heterocycles. The van der Waals surface area contributed by atoms with Crippen molar-refractivity contribution < 1.29 is 0 Å². The van der Waals surface area contributed by atoms with Crippen molar-refractivity contribution >= 4 is 84.9 Å². The van der Waals surface area contributed by atoms with E-state index in [4.69, 9.17) is 6.57 Å². The maximum absolute atomic E-state index is 9.28. The molecule has 7 rings (SSSR count). The standard InChI is InChI=1S/C33H20N8S2/c1-19-4-10-22(11-5-19)41(23-12-6-20(2)7-13-23)24-14-8-21(9-15-24)25-16-26-27(31-30(25)37-42-38-31)17-28(36-29(18-34)35-3)33-32(26)39-43-40-33/h4-17H,1-2H3. The van der Waals surface area contributed by atoms with Crippen molar-refractivity contribution in [2.24, 2.45) is 4.99 Å². The second-order valence-electron chi connectivity index (χ2n) is 10.1. The molecule has 0 N–H and O–H groups in total. The van der Waals surface area contributed by atoms with Crippen molar-refractivity contribution in [1.29, 1.82) is 5.26 Å². The van der Waals surface area contributed by atoms with E-state index in [1.54, 1.807) is 0 Å². The summed E-state index contributed by atoms with van der Waals surface area (Å²) in [6.07, 6.45) is 0. The van der Waals surface area contributed by atoms with E-state index in [2.05, 4.69) is 125 Å². The van der Waals surface area contributed by atoms with Crippen molar-refractivity contribution in [3.63, 3.8) is 0 Å². The molecule has 2 heterocycles. The lowest BCUT2D eigenvalue weighted by Crippen LogP contribution is -2.09. The van der Waals surface area contributed by atoms with Crippen LogP contribution in [0.25, 0.3) is 48.8 Å². The first kappa shape index (κ1) is 26.4. The summed E-state index contributed by atoms with van der Waals surface area (Å²) in [6, 6.07) is 31.2. The van der Waals surface area contributed by atoms with E-state index in [-0.39, 0.29) is 5.84 Å². The fourth-order valence-electron chi connectivity index (χ4n) is 5.16. The number of amidine groups is 1. The Kier molecular flexibility index (Phi) is 6.55. The quantitative estimate of drug-likeness (QED) is 0.112. The zero-order valence-corrected chi connectivity index (χ0v) is 24.6. The van der Waals surface area contributed by atoms with Gasteiger partial charge < -0.3 is 9.74 Å². The summed E-state index contributed by atoms with van der Waals surface area (Å²) in [4.78, 5) is 9.71. The van der Waals surface area contributed by atoms with E-state index >= 15 is 0 Å². The summed E-state index contributed by atoms with van der Waals surface area (Å²) in [5.74, 6) is -0.261. The lowest BCUT2D eigenvalue weighted by atomic mass is 9.97. The van der Waals surface area contributed by atoms with Gasteiger partial charge in [-0.3, -0.25) is 0 Å². The van der Waals surface area contributed by atoms with Gasteiger partial charge in [0.15, 0.2) is 11.2 Å². The topological polar surface area (TPSA) is 95.3 Å². The molecule has 0 saturated carbocycles. The predicted octanol–water partition coefficient (Wildman–Crippen LogP) is 9.08. The minimum Gasteiger partial charge on any atom is -0.351 e. The molecule has 0 bridgehead atoms. The monoisotopic (exact) mass is 592 g/mol. The Bertz CT molecular complexity index is 2210. The molecule has 0 aliphatic carbocycles. The Morgan fingerprint density at radius 3 is 1.77 bits per heavy atom. The van der Waals surface area contributed by atoms with Gasteiger partial charge in [-0.15, -0.1) is 4.99 Å². The first-order valence-corrected chi connectivity index (χ1v) is 14.7. The van der Waals surface area contributed by atoms with E-state index in [9.17, 15) is 5.26 Å². The molecule has 0 saturated heterocycles. The lowest BCUT2D eigenvalue weighted by Gasteiger charge is -2.26. The number of aryl methyl sites for hydroxylation is 2. The first-order valence-electron chi connectivity index (χ1n) is 13.3. The van der Waals surface area contributed by atoms with Crippen LogP contribution < -0.4 is 4.90 Å². The van der Waals surface area contributed by atoms with E-state index < -0.39 is 0 Å². The van der Waals surface area contributed by atoms with Crippen LogP contribution in [-0.2, 0) is 0 Å². The van der Waals surface area contributed by atoms with Gasteiger partial charge in [-0.1, -0.05) is 54.1 Å². The highest BCUT2D eigenvalue weighted by Gasteiger charge is 2.21. The molecule has 7 aromatic rings. The lowest BCUT2D eigenvalue weighted by molar-refractivity contribution is 1.27. The summed E-state index contributed by atoms with van der Waals surface area (Å²) < 4.78 is 18.3. The van der Waals surface area contributed by atoms with Crippen molar-refractivity contribution in [3.05, 3.63) is 107 Å². The number of fused-ring (bicyclic) bond motifs is 5. The van der Waals surface area contributed by atoms with Crippen molar-refractivity contribution in [1.82, 2.24) is 17.5 Å². The zero-order chi connectivity index (χ0) is 29.5. The highest BCUT2D eigenvalue weighted by molar-refractivity contribution is 7.00. The minimum absolute atomic E-state index is 0.261. The number of nitrogens with zero attached hydrogens (tertiary/aromatic N) is 8. The average Bonchev–Trinajstić information content (AvgIpc) is 3.73. The van der Waals surface area contributed by atoms with Gasteiger partial charge in [0.2, 0.25) is 0 Å².